The molecule has 228 valence electrons. The molecule has 2 N–H and O–H groups in total. The zero-order valence-electron chi connectivity index (χ0n) is 23.8. The summed E-state index contributed by atoms with van der Waals surface area (Å²) in [7, 11) is 0. The standard InChI is InChI=1S/C29H36F4N6O3/c1-17-12-38(6-7-40-14-17)26-20-15-41-22(25-24(29(31,32)33)18(2)8-23(34)36-25)9-21(20)35-27(37-26)42-16-28-4-3-5-39(28)13-19(10-28)11-30/h8,11,17,22H,3-7,9-10,12-16H2,1-2H3,(H2,34,36)/b19-11-/t17-,22+,28+/m1/s1. The Bertz CT molecular complexity index is 1370. The predicted octanol–water partition coefficient (Wildman–Crippen LogP) is 4.54. The van der Waals surface area contributed by atoms with E-state index in [2.05, 4.69) is 21.7 Å². The van der Waals surface area contributed by atoms with Crippen molar-refractivity contribution in [2.75, 3.05) is 56.6 Å². The first-order chi connectivity index (χ1) is 20.1. The van der Waals surface area contributed by atoms with E-state index in [0.717, 1.165) is 25.0 Å². The summed E-state index contributed by atoms with van der Waals surface area (Å²) in [5.41, 5.74) is 6.47. The molecule has 6 rings (SSSR count). The van der Waals surface area contributed by atoms with Crippen molar-refractivity contribution in [2.24, 2.45) is 5.92 Å². The van der Waals surface area contributed by atoms with Gasteiger partial charge >= 0.3 is 12.2 Å². The normalized spacial score (nSPS) is 27.7. The number of aromatic nitrogens is 3. The van der Waals surface area contributed by atoms with Crippen LogP contribution in [-0.4, -0.2) is 71.4 Å². The van der Waals surface area contributed by atoms with Gasteiger partial charge < -0.3 is 24.8 Å². The molecule has 0 radical (unpaired) electrons. The largest absolute Gasteiger partial charge is 0.461 e. The lowest BCUT2D eigenvalue weighted by molar-refractivity contribution is -0.140. The zero-order chi connectivity index (χ0) is 29.6. The number of aryl methyl sites for hydroxylation is 1. The van der Waals surface area contributed by atoms with Crippen LogP contribution in [0.15, 0.2) is 18.0 Å². The van der Waals surface area contributed by atoms with Gasteiger partial charge in [-0.15, -0.1) is 0 Å². The van der Waals surface area contributed by atoms with Crippen LogP contribution in [0.4, 0.5) is 29.2 Å². The average Bonchev–Trinajstić information content (AvgIpc) is 3.40. The molecule has 0 saturated carbocycles. The molecule has 3 saturated heterocycles. The monoisotopic (exact) mass is 592 g/mol. The van der Waals surface area contributed by atoms with Crippen LogP contribution in [0, 0.1) is 12.8 Å². The van der Waals surface area contributed by atoms with Crippen LogP contribution in [0.25, 0.3) is 0 Å². The number of alkyl halides is 3. The van der Waals surface area contributed by atoms with E-state index >= 15 is 0 Å². The van der Waals surface area contributed by atoms with Gasteiger partial charge in [-0.05, 0) is 55.9 Å². The highest BCUT2D eigenvalue weighted by Crippen LogP contribution is 2.43. The first-order valence-corrected chi connectivity index (χ1v) is 14.4. The number of anilines is 2. The van der Waals surface area contributed by atoms with Crippen LogP contribution in [0.2, 0.25) is 0 Å². The Labute approximate surface area is 242 Å². The number of rotatable bonds is 5. The van der Waals surface area contributed by atoms with Crippen molar-refractivity contribution in [2.45, 2.75) is 64.0 Å². The topological polar surface area (TPSA) is 98.9 Å². The molecule has 42 heavy (non-hydrogen) atoms. The summed E-state index contributed by atoms with van der Waals surface area (Å²) in [5.74, 6) is 0.869. The number of halogens is 4. The van der Waals surface area contributed by atoms with Crippen LogP contribution in [0.3, 0.4) is 0 Å². The lowest BCUT2D eigenvalue weighted by Gasteiger charge is -2.33. The highest BCUT2D eigenvalue weighted by atomic mass is 19.4. The van der Waals surface area contributed by atoms with E-state index in [1.54, 1.807) is 0 Å². The van der Waals surface area contributed by atoms with Crippen LogP contribution < -0.4 is 15.4 Å². The molecule has 13 heteroatoms. The fourth-order valence-electron chi connectivity index (χ4n) is 6.88. The van der Waals surface area contributed by atoms with E-state index < -0.39 is 17.8 Å². The maximum Gasteiger partial charge on any atom is 0.418 e. The highest BCUT2D eigenvalue weighted by molar-refractivity contribution is 5.52. The second kappa shape index (κ2) is 11.2. The smallest absolute Gasteiger partial charge is 0.418 e. The minimum Gasteiger partial charge on any atom is -0.461 e. The van der Waals surface area contributed by atoms with Crippen molar-refractivity contribution in [3.8, 4) is 6.01 Å². The molecule has 2 aromatic heterocycles. The number of nitrogen functional groups attached to an aromatic ring is 1. The summed E-state index contributed by atoms with van der Waals surface area (Å²) >= 11 is 0. The number of ether oxygens (including phenoxy) is 3. The summed E-state index contributed by atoms with van der Waals surface area (Å²) in [5, 5.41) is 0. The van der Waals surface area contributed by atoms with E-state index in [9.17, 15) is 17.6 Å². The fourth-order valence-corrected chi connectivity index (χ4v) is 6.88. The van der Waals surface area contributed by atoms with Crippen LogP contribution in [-0.2, 0) is 28.7 Å². The van der Waals surface area contributed by atoms with Crippen molar-refractivity contribution in [3.63, 3.8) is 0 Å². The molecule has 4 aliphatic heterocycles. The van der Waals surface area contributed by atoms with E-state index in [1.807, 2.05) is 0 Å². The Morgan fingerprint density at radius 3 is 2.86 bits per heavy atom. The molecule has 0 spiro atoms. The number of nitrogens with zero attached hydrogens (tertiary/aromatic N) is 5. The quantitative estimate of drug-likeness (QED) is 0.502. The van der Waals surface area contributed by atoms with Gasteiger partial charge in [-0.25, -0.2) is 9.37 Å². The van der Waals surface area contributed by atoms with E-state index in [0.29, 0.717) is 62.7 Å². The third-order valence-corrected chi connectivity index (χ3v) is 8.77. The van der Waals surface area contributed by atoms with Crippen LogP contribution >= 0.6 is 0 Å². The van der Waals surface area contributed by atoms with Gasteiger partial charge in [0.05, 0.1) is 48.6 Å². The van der Waals surface area contributed by atoms with Gasteiger partial charge in [-0.1, -0.05) is 6.92 Å². The molecular formula is C29H36F4N6O3. The van der Waals surface area contributed by atoms with Crippen molar-refractivity contribution >= 4 is 11.6 Å². The Balaban J connectivity index is 1.35. The maximum absolute atomic E-state index is 14.1. The summed E-state index contributed by atoms with van der Waals surface area (Å²) < 4.78 is 73.8. The Morgan fingerprint density at radius 2 is 2.07 bits per heavy atom. The van der Waals surface area contributed by atoms with Gasteiger partial charge in [-0.2, -0.15) is 23.1 Å². The van der Waals surface area contributed by atoms with E-state index in [-0.39, 0.29) is 54.2 Å². The number of hydrogen-bond acceptors (Lipinski definition) is 9. The first-order valence-electron chi connectivity index (χ1n) is 14.4. The third-order valence-electron chi connectivity index (χ3n) is 8.77. The highest BCUT2D eigenvalue weighted by Gasteiger charge is 2.47. The molecule has 3 fully saturated rings. The molecule has 2 aromatic rings. The van der Waals surface area contributed by atoms with Gasteiger partial charge in [0.25, 0.3) is 0 Å². The Kier molecular flexibility index (Phi) is 7.77. The van der Waals surface area contributed by atoms with E-state index in [1.165, 1.54) is 13.0 Å². The number of hydrogen-bond donors (Lipinski definition) is 1. The van der Waals surface area contributed by atoms with Gasteiger partial charge in [0.15, 0.2) is 0 Å². The summed E-state index contributed by atoms with van der Waals surface area (Å²) in [6, 6.07) is 1.37. The maximum atomic E-state index is 14.1. The van der Waals surface area contributed by atoms with Crippen molar-refractivity contribution in [1.82, 2.24) is 19.9 Å². The van der Waals surface area contributed by atoms with Crippen LogP contribution in [0.1, 0.15) is 60.4 Å². The summed E-state index contributed by atoms with van der Waals surface area (Å²) in [6.45, 7) is 7.62. The summed E-state index contributed by atoms with van der Waals surface area (Å²) in [4.78, 5) is 18.0. The minimum atomic E-state index is -4.63. The average molecular weight is 593 g/mol. The molecule has 0 aromatic carbocycles. The lowest BCUT2D eigenvalue weighted by Crippen LogP contribution is -2.43. The SMILES string of the molecule is Cc1cc(N)nc([C@@H]2Cc3nc(OC[C@@]45CCCN4C/C(=C\F)C5)nc(N4CCOC[C@H](C)C4)c3CO2)c1C(F)(F)F. The molecule has 0 unspecified atom stereocenters. The second-order valence-electron chi connectivity index (χ2n) is 12.0. The predicted molar refractivity (Wildman–Crippen MR) is 147 cm³/mol. The number of nitrogens with two attached hydrogens (primary N) is 1. The molecule has 4 aliphatic rings. The molecule has 0 bridgehead atoms. The van der Waals surface area contributed by atoms with Crippen molar-refractivity contribution < 1.29 is 31.8 Å². The minimum absolute atomic E-state index is 0.00511. The van der Waals surface area contributed by atoms with Gasteiger partial charge in [-0.3, -0.25) is 4.90 Å². The number of fused-ring (bicyclic) bond motifs is 2. The second-order valence-corrected chi connectivity index (χ2v) is 12.0. The molecule has 6 heterocycles. The van der Waals surface area contributed by atoms with Crippen molar-refractivity contribution in [1.29, 1.82) is 0 Å². The zero-order valence-corrected chi connectivity index (χ0v) is 23.8. The first kappa shape index (κ1) is 29.1. The molecular weight excluding hydrogens is 556 g/mol. The van der Waals surface area contributed by atoms with Gasteiger partial charge in [0, 0.05) is 31.6 Å². The fraction of sp³-hybridized carbons (Fsp3) is 0.621. The Hall–Kier alpha value is -3.03. The number of pyridine rings is 1. The van der Waals surface area contributed by atoms with E-state index in [4.69, 9.17) is 29.9 Å². The third kappa shape index (κ3) is 5.53. The lowest BCUT2D eigenvalue weighted by atomic mass is 9.94. The van der Waals surface area contributed by atoms with Gasteiger partial charge in [0.2, 0.25) is 0 Å². The molecule has 3 atom stereocenters. The molecule has 0 amide bonds. The van der Waals surface area contributed by atoms with Crippen molar-refractivity contribution in [3.05, 3.63) is 46.0 Å². The van der Waals surface area contributed by atoms with Crippen LogP contribution in [0.5, 0.6) is 6.01 Å². The Morgan fingerprint density at radius 1 is 1.24 bits per heavy atom. The van der Waals surface area contributed by atoms with Gasteiger partial charge in [0.1, 0.15) is 24.3 Å². The molecule has 9 nitrogen and oxygen atoms in total. The molecule has 0 aliphatic carbocycles. The summed E-state index contributed by atoms with van der Waals surface area (Å²) in [6.07, 6.45) is -2.44.